The molecule has 0 aromatic heterocycles. The van der Waals surface area contributed by atoms with Gasteiger partial charge in [-0.05, 0) is 0 Å². The number of carbonyl (C=O) groups excluding carboxylic acids is 1. The summed E-state index contributed by atoms with van der Waals surface area (Å²) in [7, 11) is -11.0. The second-order valence-corrected chi connectivity index (χ2v) is 9.99. The lowest BCUT2D eigenvalue weighted by atomic mass is 9.98. The third-order valence-electron chi connectivity index (χ3n) is 4.62. The summed E-state index contributed by atoms with van der Waals surface area (Å²) < 4.78 is 107. The quantitative estimate of drug-likeness (QED) is 0.0367. The van der Waals surface area contributed by atoms with Gasteiger partial charge in [0.2, 0.25) is 20.8 Å². The SMILES string of the molecule is O=C([O-])C1OC(OC2C(COSOO[O-])OC(COS(=O)(=O)[O-])C2O)C(OS(=O)(=O)[O-])C(OSOO[O-])C1O. The molecule has 0 saturated carbocycles. The molecular weight excluding hydrogens is 640 g/mol. The van der Waals surface area contributed by atoms with Gasteiger partial charge in [-0.3, -0.25) is 26.8 Å². The van der Waals surface area contributed by atoms with E-state index < -0.39 is 95.1 Å². The zero-order chi connectivity index (χ0) is 29.4. The molecule has 0 aromatic carbocycles. The van der Waals surface area contributed by atoms with Gasteiger partial charge in [-0.2, -0.15) is 0 Å². The van der Waals surface area contributed by atoms with Gasteiger partial charge in [0.15, 0.2) is 37.0 Å². The van der Waals surface area contributed by atoms with Crippen LogP contribution >= 0.6 is 24.6 Å². The van der Waals surface area contributed by atoms with Crippen molar-refractivity contribution in [2.75, 3.05) is 13.2 Å². The highest BCUT2D eigenvalue weighted by Crippen LogP contribution is 2.34. The van der Waals surface area contributed by atoms with Crippen LogP contribution in [0.3, 0.4) is 0 Å². The lowest BCUT2D eigenvalue weighted by molar-refractivity contribution is -0.777. The molecule has 23 nitrogen and oxygen atoms in total. The van der Waals surface area contributed by atoms with Crippen LogP contribution in [0.5, 0.6) is 0 Å². The molecule has 2 rings (SSSR count). The molecular formula is C12H15O23S4-5. The fraction of sp³-hybridized carbons (Fsp3) is 0.917. The Balaban J connectivity index is 2.36. The lowest BCUT2D eigenvalue weighted by Gasteiger charge is -2.44. The molecule has 2 N–H and O–H groups in total. The van der Waals surface area contributed by atoms with Crippen molar-refractivity contribution in [1.82, 2.24) is 0 Å². The first-order valence-electron chi connectivity index (χ1n) is 9.49. The average Bonchev–Trinajstić information content (AvgIpc) is 3.11. The Labute approximate surface area is 226 Å². The maximum Gasteiger partial charge on any atom is 0.218 e. The molecule has 0 bridgehead atoms. The first-order chi connectivity index (χ1) is 18.2. The molecule has 2 heterocycles. The van der Waals surface area contributed by atoms with Crippen LogP contribution in [0.25, 0.3) is 0 Å². The van der Waals surface area contributed by atoms with Crippen molar-refractivity contribution in [3.8, 4) is 0 Å². The fourth-order valence-electron chi connectivity index (χ4n) is 3.23. The van der Waals surface area contributed by atoms with E-state index in [4.69, 9.17) is 22.6 Å². The number of aliphatic hydroxyl groups excluding tert-OH is 2. The van der Waals surface area contributed by atoms with Gasteiger partial charge in [0.1, 0.15) is 42.7 Å². The smallest absolute Gasteiger partial charge is 0.218 e. The first kappa shape index (κ1) is 34.6. The second-order valence-electron chi connectivity index (χ2n) is 6.95. The van der Waals surface area contributed by atoms with Gasteiger partial charge in [0, 0.05) is 0 Å². The topological polar surface area (TPSA) is 343 Å². The van der Waals surface area contributed by atoms with Crippen molar-refractivity contribution < 1.29 is 106 Å². The van der Waals surface area contributed by atoms with Crippen molar-refractivity contribution in [1.29, 1.82) is 0 Å². The summed E-state index contributed by atoms with van der Waals surface area (Å²) in [5.74, 6) is -2.14. The Morgan fingerprint density at radius 2 is 1.49 bits per heavy atom. The van der Waals surface area contributed by atoms with E-state index >= 15 is 0 Å². The van der Waals surface area contributed by atoms with Crippen molar-refractivity contribution in [2.24, 2.45) is 0 Å². The van der Waals surface area contributed by atoms with Gasteiger partial charge >= 0.3 is 0 Å². The number of ether oxygens (including phenoxy) is 3. The molecule has 0 aromatic rings. The Bertz CT molecular complexity index is 976. The van der Waals surface area contributed by atoms with E-state index in [2.05, 4.69) is 27.1 Å². The molecule has 39 heavy (non-hydrogen) atoms. The van der Waals surface area contributed by atoms with Crippen molar-refractivity contribution in [3.63, 3.8) is 0 Å². The summed E-state index contributed by atoms with van der Waals surface area (Å²) in [6.07, 6.45) is -18.9. The van der Waals surface area contributed by atoms with Crippen LogP contribution < -0.4 is 15.6 Å². The predicted molar refractivity (Wildman–Crippen MR) is 99.8 cm³/mol. The number of carbonyl (C=O) groups is 1. The fourth-order valence-corrected chi connectivity index (χ4v) is 4.63. The highest BCUT2D eigenvalue weighted by Gasteiger charge is 2.53. The summed E-state index contributed by atoms with van der Waals surface area (Å²) in [6, 6.07) is 0. The van der Waals surface area contributed by atoms with Gasteiger partial charge in [-0.25, -0.2) is 16.8 Å². The van der Waals surface area contributed by atoms with E-state index in [-0.39, 0.29) is 24.6 Å². The van der Waals surface area contributed by atoms with E-state index in [0.29, 0.717) is 0 Å². The highest BCUT2D eigenvalue weighted by molar-refractivity contribution is 7.89. The van der Waals surface area contributed by atoms with Crippen molar-refractivity contribution in [2.45, 2.75) is 55.1 Å². The number of hydrogen-bond donors (Lipinski definition) is 2. The van der Waals surface area contributed by atoms with Crippen LogP contribution in [0.4, 0.5) is 0 Å². The minimum absolute atomic E-state index is 0.0658. The zero-order valence-corrected chi connectivity index (χ0v) is 21.5. The number of aliphatic hydroxyl groups is 2. The molecule has 2 aliphatic rings. The van der Waals surface area contributed by atoms with Gasteiger partial charge < -0.3 is 53.9 Å². The van der Waals surface area contributed by atoms with Crippen LogP contribution in [-0.4, -0.2) is 110 Å². The number of rotatable bonds is 17. The molecule has 2 saturated heterocycles. The molecule has 0 aliphatic carbocycles. The van der Waals surface area contributed by atoms with E-state index in [1.165, 1.54) is 0 Å². The largest absolute Gasteiger partial charge is 0.726 e. The summed E-state index contributed by atoms with van der Waals surface area (Å²) in [5.41, 5.74) is 0. The number of carboxylic acids is 1. The summed E-state index contributed by atoms with van der Waals surface area (Å²) in [5, 5.41) is 58.2. The molecule has 9 atom stereocenters. The maximum absolute atomic E-state index is 11.5. The van der Waals surface area contributed by atoms with Gasteiger partial charge in [0.05, 0.1) is 19.2 Å². The second kappa shape index (κ2) is 15.6. The van der Waals surface area contributed by atoms with E-state index in [9.17, 15) is 56.6 Å². The van der Waals surface area contributed by atoms with Gasteiger partial charge in [-0.15, -0.1) is 8.67 Å². The number of hydrogen-bond acceptors (Lipinski definition) is 25. The lowest BCUT2D eigenvalue weighted by Crippen LogP contribution is -2.64. The minimum Gasteiger partial charge on any atom is -0.726 e. The predicted octanol–water partition coefficient (Wildman–Crippen LogP) is -7.37. The first-order valence-corrected chi connectivity index (χ1v) is 13.5. The summed E-state index contributed by atoms with van der Waals surface area (Å²) in [4.78, 5) is 11.5. The number of carboxylic acid groups (broad SMARTS) is 1. The summed E-state index contributed by atoms with van der Waals surface area (Å²) >= 11 is -0.435. The van der Waals surface area contributed by atoms with Crippen LogP contribution in [0.1, 0.15) is 0 Å². The maximum atomic E-state index is 11.5. The summed E-state index contributed by atoms with van der Waals surface area (Å²) in [6.45, 7) is -1.82. The molecule has 2 fully saturated rings. The Hall–Kier alpha value is -0.610. The molecule has 230 valence electrons. The minimum atomic E-state index is -5.71. The van der Waals surface area contributed by atoms with Gasteiger partial charge in [-0.1, -0.05) is 0 Å². The Morgan fingerprint density at radius 3 is 2.05 bits per heavy atom. The van der Waals surface area contributed by atoms with Crippen LogP contribution in [-0.2, 0) is 75.3 Å². The molecule has 2 aliphatic heterocycles. The van der Waals surface area contributed by atoms with E-state index in [1.54, 1.807) is 0 Å². The third-order valence-corrected chi connectivity index (χ3v) is 6.26. The van der Waals surface area contributed by atoms with E-state index in [1.807, 2.05) is 0 Å². The standard InChI is InChI=1S/C12H20O23S4/c13-5-3(2-26-38(19,20)21)27-4(1-25-36-34-32-17)7(5)28-12-10(31-39(22,23)24)8(30-37-35-33-18)6(14)9(29-12)11(15)16/h3-10,12-14,17-18H,1-2H2,(H,15,16)(H,19,20,21)(H,22,23,24)/p-5. The third kappa shape index (κ3) is 11.0. The van der Waals surface area contributed by atoms with Crippen LogP contribution in [0.15, 0.2) is 0 Å². The Kier molecular flexibility index (Phi) is 13.8. The molecule has 0 spiro atoms. The average molecular weight is 655 g/mol. The zero-order valence-electron chi connectivity index (χ0n) is 18.2. The monoisotopic (exact) mass is 655 g/mol. The van der Waals surface area contributed by atoms with Crippen molar-refractivity contribution >= 4 is 51.4 Å². The number of aliphatic carboxylic acids is 1. The molecule has 27 heteroatoms. The Morgan fingerprint density at radius 1 is 0.846 bits per heavy atom. The highest BCUT2D eigenvalue weighted by atomic mass is 32.3. The van der Waals surface area contributed by atoms with E-state index in [0.717, 1.165) is 0 Å². The normalized spacial score (nSPS) is 33.8. The molecule has 0 amide bonds. The molecule has 0 radical (unpaired) electrons. The van der Waals surface area contributed by atoms with Crippen LogP contribution in [0.2, 0.25) is 0 Å². The van der Waals surface area contributed by atoms with Crippen LogP contribution in [0, 0.1) is 0 Å². The van der Waals surface area contributed by atoms with Gasteiger partial charge in [0.25, 0.3) is 0 Å². The van der Waals surface area contributed by atoms with Crippen molar-refractivity contribution in [3.05, 3.63) is 0 Å². The molecule has 9 unspecified atom stereocenters.